The van der Waals surface area contributed by atoms with Gasteiger partial charge in [-0.1, -0.05) is 28.1 Å². The maximum absolute atomic E-state index is 12.2. The van der Waals surface area contributed by atoms with E-state index in [1.165, 1.54) is 12.1 Å². The van der Waals surface area contributed by atoms with Gasteiger partial charge in [-0.25, -0.2) is 8.42 Å². The van der Waals surface area contributed by atoms with Gasteiger partial charge in [0.15, 0.2) is 0 Å². The molecule has 0 amide bonds. The lowest BCUT2D eigenvalue weighted by Gasteiger charge is -2.09. The van der Waals surface area contributed by atoms with Crippen LogP contribution in [0.3, 0.4) is 0 Å². The van der Waals surface area contributed by atoms with Crippen molar-refractivity contribution in [3.8, 4) is 0 Å². The highest BCUT2D eigenvalue weighted by Gasteiger charge is 2.19. The van der Waals surface area contributed by atoms with Crippen molar-refractivity contribution in [2.24, 2.45) is 0 Å². The predicted molar refractivity (Wildman–Crippen MR) is 82.8 cm³/mol. The van der Waals surface area contributed by atoms with Crippen LogP contribution < -0.4 is 4.72 Å². The lowest BCUT2D eigenvalue weighted by atomic mass is 10.2. The first-order valence-electron chi connectivity index (χ1n) is 5.83. The second kappa shape index (κ2) is 5.82. The number of nitrogens with one attached hydrogen (secondary N) is 1. The van der Waals surface area contributed by atoms with Gasteiger partial charge in [-0.2, -0.15) is 0 Å². The van der Waals surface area contributed by atoms with Crippen molar-refractivity contribution in [2.45, 2.75) is 11.8 Å². The molecule has 0 saturated heterocycles. The van der Waals surface area contributed by atoms with Crippen molar-refractivity contribution >= 4 is 37.3 Å². The fourth-order valence-electron chi connectivity index (χ4n) is 1.72. The van der Waals surface area contributed by atoms with Crippen LogP contribution in [0.4, 0.5) is 11.4 Å². The molecule has 2 aromatic carbocycles. The molecule has 0 aliphatic rings. The number of nitro benzene ring substituents is 1. The van der Waals surface area contributed by atoms with E-state index in [4.69, 9.17) is 0 Å². The molecular formula is C13H11BrN2O4S. The van der Waals surface area contributed by atoms with Crippen LogP contribution in [-0.4, -0.2) is 13.3 Å². The molecule has 0 bridgehead atoms. The number of anilines is 1. The Morgan fingerprint density at radius 2 is 1.90 bits per heavy atom. The zero-order valence-electron chi connectivity index (χ0n) is 10.9. The molecule has 1 N–H and O–H groups in total. The minimum Gasteiger partial charge on any atom is -0.280 e. The molecule has 0 heterocycles. The summed E-state index contributed by atoms with van der Waals surface area (Å²) >= 11 is 3.24. The lowest BCUT2D eigenvalue weighted by Crippen LogP contribution is -2.13. The molecule has 110 valence electrons. The Morgan fingerprint density at radius 1 is 1.19 bits per heavy atom. The molecule has 0 unspecified atom stereocenters. The van der Waals surface area contributed by atoms with E-state index in [9.17, 15) is 18.5 Å². The fraction of sp³-hybridized carbons (Fsp3) is 0.0769. The smallest absolute Gasteiger partial charge is 0.273 e. The van der Waals surface area contributed by atoms with Crippen LogP contribution in [-0.2, 0) is 10.0 Å². The Bertz CT molecular complexity index is 806. The molecule has 0 aliphatic carbocycles. The monoisotopic (exact) mass is 370 g/mol. The van der Waals surface area contributed by atoms with Gasteiger partial charge in [0.2, 0.25) is 0 Å². The van der Waals surface area contributed by atoms with E-state index in [2.05, 4.69) is 20.7 Å². The molecule has 0 aliphatic heterocycles. The topological polar surface area (TPSA) is 89.3 Å². The van der Waals surface area contributed by atoms with Crippen LogP contribution in [0.2, 0.25) is 0 Å². The van der Waals surface area contributed by atoms with Gasteiger partial charge in [-0.3, -0.25) is 14.8 Å². The highest BCUT2D eigenvalue weighted by molar-refractivity contribution is 9.10. The zero-order chi connectivity index (χ0) is 15.6. The third kappa shape index (κ3) is 3.59. The van der Waals surface area contributed by atoms with Crippen LogP contribution in [0, 0.1) is 17.0 Å². The van der Waals surface area contributed by atoms with Gasteiger partial charge in [-0.05, 0) is 31.2 Å². The van der Waals surface area contributed by atoms with Gasteiger partial charge in [-0.15, -0.1) is 0 Å². The molecule has 0 radical (unpaired) electrons. The Kier molecular flexibility index (Phi) is 4.29. The normalized spacial score (nSPS) is 11.1. The second-order valence-corrected chi connectivity index (χ2v) is 6.92. The van der Waals surface area contributed by atoms with E-state index in [-0.39, 0.29) is 10.6 Å². The molecule has 2 aromatic rings. The van der Waals surface area contributed by atoms with Crippen molar-refractivity contribution in [3.63, 3.8) is 0 Å². The quantitative estimate of drug-likeness (QED) is 0.658. The molecule has 0 spiro atoms. The van der Waals surface area contributed by atoms with Gasteiger partial charge in [0.05, 0.1) is 9.82 Å². The number of aryl methyl sites for hydroxylation is 1. The minimum absolute atomic E-state index is 0.153. The summed E-state index contributed by atoms with van der Waals surface area (Å²) in [4.78, 5) is 10.1. The number of nitro groups is 1. The van der Waals surface area contributed by atoms with Crippen molar-refractivity contribution < 1.29 is 13.3 Å². The first-order valence-corrected chi connectivity index (χ1v) is 8.10. The average Bonchev–Trinajstić information content (AvgIpc) is 2.38. The second-order valence-electron chi connectivity index (χ2n) is 4.32. The molecule has 2 rings (SSSR count). The SMILES string of the molecule is Cc1ccc(S(=O)(=O)Nc2cccc(Br)c2)cc1[N+](=O)[O-]. The summed E-state index contributed by atoms with van der Waals surface area (Å²) in [6, 6.07) is 10.4. The third-order valence-corrected chi connectivity index (χ3v) is 4.64. The number of rotatable bonds is 4. The largest absolute Gasteiger partial charge is 0.280 e. The summed E-state index contributed by atoms with van der Waals surface area (Å²) < 4.78 is 27.6. The number of halogens is 1. The van der Waals surface area contributed by atoms with Gasteiger partial charge in [0.1, 0.15) is 0 Å². The third-order valence-electron chi connectivity index (χ3n) is 2.76. The molecule has 0 atom stereocenters. The van der Waals surface area contributed by atoms with Gasteiger partial charge in [0, 0.05) is 21.8 Å². The van der Waals surface area contributed by atoms with Crippen LogP contribution in [0.5, 0.6) is 0 Å². The van der Waals surface area contributed by atoms with E-state index in [0.717, 1.165) is 10.5 Å². The van der Waals surface area contributed by atoms with E-state index in [1.54, 1.807) is 31.2 Å². The summed E-state index contributed by atoms with van der Waals surface area (Å²) in [5.41, 5.74) is 0.543. The van der Waals surface area contributed by atoms with E-state index in [0.29, 0.717) is 11.3 Å². The Morgan fingerprint density at radius 3 is 2.52 bits per heavy atom. The van der Waals surface area contributed by atoms with E-state index >= 15 is 0 Å². The highest BCUT2D eigenvalue weighted by atomic mass is 79.9. The summed E-state index contributed by atoms with van der Waals surface area (Å²) in [6.07, 6.45) is 0. The number of hydrogen-bond acceptors (Lipinski definition) is 4. The molecular weight excluding hydrogens is 360 g/mol. The fourth-order valence-corrected chi connectivity index (χ4v) is 3.19. The minimum atomic E-state index is -3.88. The maximum Gasteiger partial charge on any atom is 0.273 e. The number of sulfonamides is 1. The predicted octanol–water partition coefficient (Wildman–Crippen LogP) is 3.47. The van der Waals surface area contributed by atoms with E-state index in [1.807, 2.05) is 0 Å². The zero-order valence-corrected chi connectivity index (χ0v) is 13.3. The molecule has 0 fully saturated rings. The lowest BCUT2D eigenvalue weighted by molar-refractivity contribution is -0.385. The van der Waals surface area contributed by atoms with Gasteiger partial charge < -0.3 is 0 Å². The molecule has 0 saturated carbocycles. The number of nitrogens with zero attached hydrogens (tertiary/aromatic N) is 1. The van der Waals surface area contributed by atoms with Gasteiger partial charge in [0.25, 0.3) is 15.7 Å². The number of benzene rings is 2. The summed E-state index contributed by atoms with van der Waals surface area (Å²) in [5.74, 6) is 0. The first kappa shape index (κ1) is 15.5. The molecule has 21 heavy (non-hydrogen) atoms. The summed E-state index contributed by atoms with van der Waals surface area (Å²) in [6.45, 7) is 1.55. The van der Waals surface area contributed by atoms with Crippen LogP contribution in [0.1, 0.15) is 5.56 Å². The van der Waals surface area contributed by atoms with Crippen molar-refractivity contribution in [2.75, 3.05) is 4.72 Å². The summed E-state index contributed by atoms with van der Waals surface area (Å²) in [7, 11) is -3.88. The van der Waals surface area contributed by atoms with Crippen LogP contribution >= 0.6 is 15.9 Å². The van der Waals surface area contributed by atoms with E-state index < -0.39 is 14.9 Å². The molecule has 6 nitrogen and oxygen atoms in total. The Balaban J connectivity index is 2.40. The molecule has 8 heteroatoms. The van der Waals surface area contributed by atoms with Crippen molar-refractivity contribution in [3.05, 3.63) is 62.6 Å². The molecule has 0 aromatic heterocycles. The number of hydrogen-bond donors (Lipinski definition) is 1. The Labute approximate surface area is 130 Å². The Hall–Kier alpha value is -1.93. The summed E-state index contributed by atoms with van der Waals surface area (Å²) in [5, 5.41) is 10.9. The highest BCUT2D eigenvalue weighted by Crippen LogP contribution is 2.24. The van der Waals surface area contributed by atoms with Crippen LogP contribution in [0.25, 0.3) is 0 Å². The van der Waals surface area contributed by atoms with Crippen molar-refractivity contribution in [1.82, 2.24) is 0 Å². The average molecular weight is 371 g/mol. The van der Waals surface area contributed by atoms with Gasteiger partial charge >= 0.3 is 0 Å². The first-order chi connectivity index (χ1) is 9.79. The van der Waals surface area contributed by atoms with Crippen LogP contribution in [0.15, 0.2) is 51.8 Å². The van der Waals surface area contributed by atoms with Crippen molar-refractivity contribution in [1.29, 1.82) is 0 Å². The maximum atomic E-state index is 12.2. The standard InChI is InChI=1S/C13H11BrN2O4S/c1-9-5-6-12(8-13(9)16(17)18)21(19,20)15-11-4-2-3-10(14)7-11/h2-8,15H,1H3.